The number of rotatable bonds is 2. The number of carbonyl (C=O) groups excluding carboxylic acids is 1. The number of anilines is 2. The van der Waals surface area contributed by atoms with E-state index in [1.807, 2.05) is 19.0 Å². The second-order valence-corrected chi connectivity index (χ2v) is 4.88. The molecule has 1 N–H and O–H groups in total. The summed E-state index contributed by atoms with van der Waals surface area (Å²) < 4.78 is 10.5. The molecule has 0 bridgehead atoms. The van der Waals surface area contributed by atoms with E-state index < -0.39 is 5.97 Å². The lowest BCUT2D eigenvalue weighted by atomic mass is 10.1. The average molecular weight is 285 g/mol. The van der Waals surface area contributed by atoms with Crippen LogP contribution in [0.25, 0.3) is 0 Å². The number of carbonyl (C=O) groups is 1. The van der Waals surface area contributed by atoms with E-state index in [1.54, 1.807) is 6.07 Å². The van der Waals surface area contributed by atoms with Crippen molar-refractivity contribution in [1.82, 2.24) is 0 Å². The summed E-state index contributed by atoms with van der Waals surface area (Å²) in [5.74, 6) is 0.0598. The Morgan fingerprint density at radius 1 is 1.53 bits per heavy atom. The fourth-order valence-corrected chi connectivity index (χ4v) is 2.47. The predicted octanol–water partition coefficient (Wildman–Crippen LogP) is 2.39. The topological polar surface area (TPSA) is 50.8 Å². The van der Waals surface area contributed by atoms with Crippen molar-refractivity contribution in [1.29, 1.82) is 0 Å². The van der Waals surface area contributed by atoms with Crippen LogP contribution in [0.3, 0.4) is 0 Å². The number of benzene rings is 1. The van der Waals surface area contributed by atoms with Crippen molar-refractivity contribution in [3.63, 3.8) is 0 Å². The molecule has 19 heavy (non-hydrogen) atoms. The number of esters is 1. The molecule has 0 radical (unpaired) electrons. The Balaban J connectivity index is 2.66. The SMILES string of the molecule is COC(=O)c1cc(Cl)c(N(C)C)c2c1OCCCN2. The largest absolute Gasteiger partial charge is 0.490 e. The number of nitrogens with one attached hydrogen (secondary N) is 1. The minimum atomic E-state index is -0.452. The van der Waals surface area contributed by atoms with Gasteiger partial charge in [-0.2, -0.15) is 0 Å². The molecule has 2 rings (SSSR count). The van der Waals surface area contributed by atoms with Gasteiger partial charge in [-0.15, -0.1) is 0 Å². The summed E-state index contributed by atoms with van der Waals surface area (Å²) in [5.41, 5.74) is 1.91. The molecule has 104 valence electrons. The first kappa shape index (κ1) is 13.8. The van der Waals surface area contributed by atoms with Gasteiger partial charge in [-0.05, 0) is 12.5 Å². The molecule has 0 fully saturated rings. The Morgan fingerprint density at radius 3 is 2.89 bits per heavy atom. The van der Waals surface area contributed by atoms with Crippen LogP contribution in [-0.2, 0) is 4.74 Å². The van der Waals surface area contributed by atoms with Gasteiger partial charge in [0.1, 0.15) is 11.3 Å². The van der Waals surface area contributed by atoms with Gasteiger partial charge >= 0.3 is 5.97 Å². The second-order valence-electron chi connectivity index (χ2n) is 4.47. The molecule has 0 amide bonds. The van der Waals surface area contributed by atoms with Gasteiger partial charge in [0.15, 0.2) is 5.75 Å². The number of halogens is 1. The van der Waals surface area contributed by atoms with Gasteiger partial charge in [0, 0.05) is 20.6 Å². The molecule has 1 aromatic rings. The highest BCUT2D eigenvalue weighted by molar-refractivity contribution is 6.34. The monoisotopic (exact) mass is 284 g/mol. The van der Waals surface area contributed by atoms with Crippen LogP contribution in [0.2, 0.25) is 5.02 Å². The molecule has 0 aromatic heterocycles. The highest BCUT2D eigenvalue weighted by Gasteiger charge is 2.25. The van der Waals surface area contributed by atoms with Crippen molar-refractivity contribution in [2.75, 3.05) is 44.6 Å². The van der Waals surface area contributed by atoms with Crippen LogP contribution in [-0.4, -0.2) is 40.3 Å². The van der Waals surface area contributed by atoms with Crippen molar-refractivity contribution in [2.45, 2.75) is 6.42 Å². The molecule has 0 atom stereocenters. The molecule has 1 aromatic carbocycles. The third-order valence-electron chi connectivity index (χ3n) is 2.93. The number of fused-ring (bicyclic) bond motifs is 1. The smallest absolute Gasteiger partial charge is 0.341 e. The van der Waals surface area contributed by atoms with Gasteiger partial charge in [-0.3, -0.25) is 0 Å². The summed E-state index contributed by atoms with van der Waals surface area (Å²) >= 11 is 6.27. The molecule has 6 heteroatoms. The minimum Gasteiger partial charge on any atom is -0.490 e. The molecule has 1 heterocycles. The summed E-state index contributed by atoms with van der Waals surface area (Å²) in [6.07, 6.45) is 0.861. The van der Waals surface area contributed by atoms with E-state index in [0.29, 0.717) is 22.9 Å². The molecule has 0 saturated heterocycles. The second kappa shape index (κ2) is 5.57. The van der Waals surface area contributed by atoms with Crippen LogP contribution in [0, 0.1) is 0 Å². The third kappa shape index (κ3) is 2.56. The van der Waals surface area contributed by atoms with Crippen LogP contribution in [0.15, 0.2) is 6.07 Å². The van der Waals surface area contributed by atoms with Crippen LogP contribution in [0.1, 0.15) is 16.8 Å². The van der Waals surface area contributed by atoms with Gasteiger partial charge in [0.25, 0.3) is 0 Å². The molecule has 1 aliphatic heterocycles. The summed E-state index contributed by atoms with van der Waals surface area (Å²) in [5, 5.41) is 3.76. The zero-order valence-corrected chi connectivity index (χ0v) is 12.0. The average Bonchev–Trinajstić information content (AvgIpc) is 2.61. The zero-order valence-electron chi connectivity index (χ0n) is 11.2. The van der Waals surface area contributed by atoms with Gasteiger partial charge in [0.05, 0.1) is 24.4 Å². The molecule has 0 aliphatic carbocycles. The first-order valence-corrected chi connectivity index (χ1v) is 6.43. The maximum atomic E-state index is 11.8. The fraction of sp³-hybridized carbons (Fsp3) is 0.462. The van der Waals surface area contributed by atoms with E-state index >= 15 is 0 Å². The Bertz CT molecular complexity index is 503. The Morgan fingerprint density at radius 2 is 2.26 bits per heavy atom. The molecule has 0 unspecified atom stereocenters. The minimum absolute atomic E-state index is 0.350. The van der Waals surface area contributed by atoms with Gasteiger partial charge in [-0.1, -0.05) is 11.6 Å². The number of hydrogen-bond donors (Lipinski definition) is 1. The molecule has 0 spiro atoms. The number of hydrogen-bond acceptors (Lipinski definition) is 5. The van der Waals surface area contributed by atoms with Crippen LogP contribution >= 0.6 is 11.6 Å². The molecule has 1 aliphatic rings. The summed E-state index contributed by atoms with van der Waals surface area (Å²) in [7, 11) is 5.13. The number of ether oxygens (including phenoxy) is 2. The van der Waals surface area contributed by atoms with Crippen LogP contribution in [0.5, 0.6) is 5.75 Å². The lowest BCUT2D eigenvalue weighted by Crippen LogP contribution is -2.15. The zero-order chi connectivity index (χ0) is 14.0. The highest BCUT2D eigenvalue weighted by Crippen LogP contribution is 2.44. The van der Waals surface area contributed by atoms with E-state index in [0.717, 1.165) is 24.3 Å². The van der Waals surface area contributed by atoms with E-state index in [-0.39, 0.29) is 0 Å². The van der Waals surface area contributed by atoms with E-state index in [2.05, 4.69) is 5.32 Å². The predicted molar refractivity (Wildman–Crippen MR) is 75.7 cm³/mol. The van der Waals surface area contributed by atoms with Crippen molar-refractivity contribution in [2.24, 2.45) is 0 Å². The van der Waals surface area contributed by atoms with Crippen LogP contribution < -0.4 is 15.0 Å². The van der Waals surface area contributed by atoms with E-state index in [1.165, 1.54) is 7.11 Å². The van der Waals surface area contributed by atoms with Crippen molar-refractivity contribution < 1.29 is 14.3 Å². The molecular formula is C13H17ClN2O3. The third-order valence-corrected chi connectivity index (χ3v) is 3.22. The quantitative estimate of drug-likeness (QED) is 0.845. The van der Waals surface area contributed by atoms with E-state index in [9.17, 15) is 4.79 Å². The summed E-state index contributed by atoms with van der Waals surface area (Å²) in [4.78, 5) is 13.7. The van der Waals surface area contributed by atoms with Gasteiger partial charge in [-0.25, -0.2) is 4.79 Å². The number of methoxy groups -OCH3 is 1. The first-order valence-electron chi connectivity index (χ1n) is 6.05. The first-order chi connectivity index (χ1) is 9.06. The van der Waals surface area contributed by atoms with E-state index in [4.69, 9.17) is 21.1 Å². The van der Waals surface area contributed by atoms with Crippen molar-refractivity contribution >= 4 is 28.9 Å². The standard InChI is InChI=1S/C13H17ClN2O3/c1-16(2)11-9(14)7-8(13(17)18-3)12-10(11)15-5-4-6-19-12/h7,15H,4-6H2,1-3H3. The molecular weight excluding hydrogens is 268 g/mol. The molecule has 5 nitrogen and oxygen atoms in total. The highest BCUT2D eigenvalue weighted by atomic mass is 35.5. The lowest BCUT2D eigenvalue weighted by Gasteiger charge is -2.22. The van der Waals surface area contributed by atoms with Crippen LogP contribution in [0.4, 0.5) is 11.4 Å². The maximum Gasteiger partial charge on any atom is 0.341 e. The van der Waals surface area contributed by atoms with Gasteiger partial charge < -0.3 is 19.7 Å². The van der Waals surface area contributed by atoms with Crippen molar-refractivity contribution in [3.05, 3.63) is 16.7 Å². The Labute approximate surface area is 117 Å². The Hall–Kier alpha value is -1.62. The normalized spacial score (nSPS) is 13.7. The van der Waals surface area contributed by atoms with Crippen molar-refractivity contribution in [3.8, 4) is 5.75 Å². The fourth-order valence-electron chi connectivity index (χ4n) is 2.09. The van der Waals surface area contributed by atoms with Gasteiger partial charge in [0.2, 0.25) is 0 Å². The lowest BCUT2D eigenvalue weighted by molar-refractivity contribution is 0.0596. The number of nitrogens with zero attached hydrogens (tertiary/aromatic N) is 1. The maximum absolute atomic E-state index is 11.8. The Kier molecular flexibility index (Phi) is 4.04. The summed E-state index contributed by atoms with van der Waals surface area (Å²) in [6, 6.07) is 1.59. The molecule has 0 saturated carbocycles. The summed E-state index contributed by atoms with van der Waals surface area (Å²) in [6.45, 7) is 1.33.